The predicted molar refractivity (Wildman–Crippen MR) is 210 cm³/mol. The summed E-state index contributed by atoms with van der Waals surface area (Å²) in [4.78, 5) is 59.6. The third-order valence-corrected chi connectivity index (χ3v) is 15.5. The standard InChI is InChI=1S/C16H23NO6.C15H19NO5.C4H8BI2.C3H7B/c1-15-11(7-10(19)8-18)13(21)17-16(15,14(22)23-15)12(20)9-5-3-2-4-6-9;1-14-10(7-8-17)12(19)16-15(14,13(20)21-14)11(18)9-5-3-2-4-6-9;1-2-3-4(6)7-5;1-2-3-4/h3,5,9-12,18-20H,2,4,6-8H2,1H3,(H,17,21);3,5,8-11,18H,2,4,6-7H2,1H3,(H,16,19);4H,2-3H2,1H3;2-3H2,1H3/q;;-1;/t9-,10?,11+,12-,15+,16+;9-,10+,11-,14+,15+;;/m11../s1. The van der Waals surface area contributed by atoms with Gasteiger partial charge in [0.1, 0.15) is 6.29 Å². The van der Waals surface area contributed by atoms with Crippen molar-refractivity contribution in [1.82, 2.24) is 10.6 Å². The summed E-state index contributed by atoms with van der Waals surface area (Å²) in [7, 11) is 5.03. The second-order valence-electron chi connectivity index (χ2n) is 15.2. The number of aldehydes is 1. The van der Waals surface area contributed by atoms with Gasteiger partial charge in [-0.15, -0.1) is 0 Å². The molecule has 0 saturated carbocycles. The number of aliphatic hydroxyl groups is 4. The van der Waals surface area contributed by atoms with Gasteiger partial charge in [-0.1, -0.05) is 44.0 Å². The van der Waals surface area contributed by atoms with E-state index in [0.717, 1.165) is 53.2 Å². The molecule has 4 radical (unpaired) electrons. The number of fused-ring (bicyclic) bond motifs is 2. The Balaban J connectivity index is 0.000000234. The molecule has 12 atom stereocenters. The van der Waals surface area contributed by atoms with Crippen molar-refractivity contribution in [3.8, 4) is 0 Å². The summed E-state index contributed by atoms with van der Waals surface area (Å²) < 4.78 is 11.3. The summed E-state index contributed by atoms with van der Waals surface area (Å²) in [6, 6.07) is 0. The molecular weight excluding hydrogens is 936 g/mol. The number of carbonyl (C=O) groups is 5. The third-order valence-electron chi connectivity index (χ3n) is 11.7. The topological polar surface area (TPSA) is 209 Å². The number of amides is 2. The molecule has 55 heavy (non-hydrogen) atoms. The summed E-state index contributed by atoms with van der Waals surface area (Å²) >= 11 is 2.45. The first kappa shape index (κ1) is 47.8. The molecule has 6 N–H and O–H groups in total. The van der Waals surface area contributed by atoms with E-state index in [1.165, 1.54) is 12.8 Å². The van der Waals surface area contributed by atoms with Gasteiger partial charge in [0.05, 0.1) is 44.6 Å². The van der Waals surface area contributed by atoms with Crippen LogP contribution in [0.25, 0.3) is 0 Å². The molecule has 6 aliphatic rings. The monoisotopic (exact) mass is 993 g/mol. The van der Waals surface area contributed by atoms with Gasteiger partial charge in [-0.3, -0.25) is 9.59 Å². The molecule has 4 fully saturated rings. The van der Waals surface area contributed by atoms with Crippen molar-refractivity contribution in [2.45, 2.75) is 147 Å². The molecule has 0 spiro atoms. The van der Waals surface area contributed by atoms with E-state index in [2.05, 4.69) is 47.1 Å². The molecule has 0 aromatic carbocycles. The first-order valence-corrected chi connectivity index (χ1v) is 23.0. The molecule has 0 aromatic heterocycles. The van der Waals surface area contributed by atoms with Crippen LogP contribution in [0.15, 0.2) is 24.3 Å². The average molecular weight is 993 g/mol. The van der Waals surface area contributed by atoms with Crippen LogP contribution in [0.4, 0.5) is 0 Å². The van der Waals surface area contributed by atoms with Gasteiger partial charge in [-0.25, -0.2) is 9.59 Å². The Hall–Kier alpha value is -1.54. The number of nitrogens with one attached hydrogen (secondary N) is 2. The van der Waals surface area contributed by atoms with Gasteiger partial charge in [0.25, 0.3) is 0 Å². The van der Waals surface area contributed by atoms with Gasteiger partial charge in [-0.2, -0.15) is 0 Å². The Morgan fingerprint density at radius 3 is 1.67 bits per heavy atom. The Labute approximate surface area is 351 Å². The Morgan fingerprint density at radius 1 is 0.891 bits per heavy atom. The zero-order chi connectivity index (χ0) is 41.2. The molecule has 0 aromatic rings. The fourth-order valence-electron chi connectivity index (χ4n) is 8.34. The van der Waals surface area contributed by atoms with Crippen LogP contribution in [0.5, 0.6) is 0 Å². The number of carbonyl (C=O) groups excluding carboxylic acids is 5. The van der Waals surface area contributed by atoms with Gasteiger partial charge in [0.2, 0.25) is 22.9 Å². The fraction of sp³-hybridized carbons (Fsp3) is 0.763. The minimum absolute atomic E-state index is 0.0232. The SMILES string of the molecule is C[C@@]12OC(=O)[C@]1([C@H](O)[C@@H]1C=CCCC1)NC(=O)[C@@H]2CC(O)CO.C[C@@]12OC(=O)[C@]1([C@H](O)[C@@H]1C=CCCC1)NC(=O)[C@@H]2CC=O.[B]CCC.[B][I-]C(I)CCC. The Morgan fingerprint density at radius 2 is 1.35 bits per heavy atom. The molecular formula is C38H57B2I2N2O11-. The van der Waals surface area contributed by atoms with Gasteiger partial charge in [0, 0.05) is 18.3 Å². The number of hydrogen-bond acceptors (Lipinski definition) is 11. The van der Waals surface area contributed by atoms with Crippen LogP contribution in [-0.4, -0.2) is 113 Å². The van der Waals surface area contributed by atoms with Crippen LogP contribution < -0.4 is 31.6 Å². The molecule has 2 aliphatic carbocycles. The zero-order valence-electron chi connectivity index (χ0n) is 32.3. The van der Waals surface area contributed by atoms with E-state index in [9.17, 15) is 39.3 Å². The van der Waals surface area contributed by atoms with E-state index in [1.807, 2.05) is 24.3 Å². The summed E-state index contributed by atoms with van der Waals surface area (Å²) in [5, 5.41) is 45.5. The van der Waals surface area contributed by atoms with Crippen molar-refractivity contribution in [1.29, 1.82) is 0 Å². The summed E-state index contributed by atoms with van der Waals surface area (Å²) in [5.74, 6) is -4.06. The van der Waals surface area contributed by atoms with Crippen LogP contribution in [-0.2, 0) is 33.4 Å². The molecule has 17 heteroatoms. The molecule has 2 unspecified atom stereocenters. The van der Waals surface area contributed by atoms with E-state index in [0.29, 0.717) is 6.29 Å². The molecule has 4 aliphatic heterocycles. The number of ether oxygens (including phenoxy) is 2. The van der Waals surface area contributed by atoms with Crippen molar-refractivity contribution in [3.63, 3.8) is 0 Å². The predicted octanol–water partition coefficient (Wildman–Crippen LogP) is -0.957. The fourth-order valence-corrected chi connectivity index (χ4v) is 9.94. The second-order valence-corrected chi connectivity index (χ2v) is 21.3. The third kappa shape index (κ3) is 9.36. The van der Waals surface area contributed by atoms with Crippen LogP contribution in [0.1, 0.15) is 98.3 Å². The molecule has 306 valence electrons. The number of rotatable bonds is 13. The quantitative estimate of drug-likeness (QED) is 0.0331. The molecule has 13 nitrogen and oxygen atoms in total. The number of alkyl halides is 2. The molecule has 4 saturated heterocycles. The van der Waals surface area contributed by atoms with Gasteiger partial charge in [0.15, 0.2) is 11.2 Å². The van der Waals surface area contributed by atoms with Crippen molar-refractivity contribution < 1.29 is 74.9 Å². The number of aliphatic hydroxyl groups excluding tert-OH is 4. The van der Waals surface area contributed by atoms with E-state index in [4.69, 9.17) is 28.1 Å². The van der Waals surface area contributed by atoms with Crippen LogP contribution in [0.2, 0.25) is 6.32 Å². The van der Waals surface area contributed by atoms with Crippen LogP contribution in [0, 0.1) is 23.7 Å². The zero-order valence-corrected chi connectivity index (χ0v) is 36.6. The van der Waals surface area contributed by atoms with E-state index in [1.54, 1.807) is 13.8 Å². The van der Waals surface area contributed by atoms with E-state index >= 15 is 0 Å². The van der Waals surface area contributed by atoms with Gasteiger partial charge >= 0.3 is 82.9 Å². The van der Waals surface area contributed by atoms with Crippen LogP contribution >= 0.6 is 22.6 Å². The first-order valence-electron chi connectivity index (χ1n) is 19.3. The molecule has 6 rings (SSSR count). The Kier molecular flexibility index (Phi) is 18.2. The second kappa shape index (κ2) is 20.9. The molecule has 4 heterocycles. The molecule has 2 amide bonds. The van der Waals surface area contributed by atoms with Crippen LogP contribution in [0.3, 0.4) is 0 Å². The van der Waals surface area contributed by atoms with Gasteiger partial charge in [-0.05, 0) is 58.8 Å². The first-order chi connectivity index (χ1) is 26.1. The number of esters is 2. The van der Waals surface area contributed by atoms with E-state index in [-0.39, 0.29) is 45.7 Å². The van der Waals surface area contributed by atoms with Gasteiger partial charge < -0.3 is 45.3 Å². The average Bonchev–Trinajstić information content (AvgIpc) is 3.48. The molecule has 0 bridgehead atoms. The van der Waals surface area contributed by atoms with E-state index < -0.39 is 82.8 Å². The van der Waals surface area contributed by atoms with Crippen molar-refractivity contribution >= 4 is 66.2 Å². The number of hydrogen-bond donors (Lipinski definition) is 6. The number of halogens is 2. The van der Waals surface area contributed by atoms with Crippen molar-refractivity contribution in [2.75, 3.05) is 6.61 Å². The number of allylic oxidation sites excluding steroid dienone is 2. The van der Waals surface area contributed by atoms with Crippen molar-refractivity contribution in [3.05, 3.63) is 24.3 Å². The van der Waals surface area contributed by atoms with Crippen molar-refractivity contribution in [2.24, 2.45) is 23.7 Å². The summed E-state index contributed by atoms with van der Waals surface area (Å²) in [5.41, 5.74) is 0.178. The maximum atomic E-state index is 12.4. The summed E-state index contributed by atoms with van der Waals surface area (Å²) in [6.45, 7) is 7.01. The minimum atomic E-state index is -1.48. The summed E-state index contributed by atoms with van der Waals surface area (Å²) in [6.07, 6.45) is 14.9. The maximum absolute atomic E-state index is 12.4. The normalized spacial score (nSPS) is 36.0. The Bertz CT molecular complexity index is 1420.